The summed E-state index contributed by atoms with van der Waals surface area (Å²) >= 11 is 0. The Morgan fingerprint density at radius 2 is 1.62 bits per heavy atom. The standard InChI is InChI=1S/C18H18FNO/c1-18(2,3)20-16(12-8-10-13(19)11-9-12)14-6-4-5-7-15(14)17(20)21/h4-11,16H,1-3H3. The first-order valence-corrected chi connectivity index (χ1v) is 7.07. The van der Waals surface area contributed by atoms with Gasteiger partial charge in [-0.05, 0) is 50.1 Å². The van der Waals surface area contributed by atoms with Gasteiger partial charge in [0.1, 0.15) is 5.82 Å². The number of hydrogen-bond donors (Lipinski definition) is 0. The molecule has 1 unspecified atom stereocenters. The number of amides is 1. The van der Waals surface area contributed by atoms with E-state index in [-0.39, 0.29) is 23.3 Å². The maximum absolute atomic E-state index is 13.2. The fourth-order valence-corrected chi connectivity index (χ4v) is 2.98. The molecule has 21 heavy (non-hydrogen) atoms. The molecule has 1 heterocycles. The highest BCUT2D eigenvalue weighted by Gasteiger charge is 2.42. The maximum Gasteiger partial charge on any atom is 0.255 e. The number of halogens is 1. The maximum atomic E-state index is 13.2. The van der Waals surface area contributed by atoms with Crippen molar-refractivity contribution in [2.24, 2.45) is 0 Å². The van der Waals surface area contributed by atoms with Gasteiger partial charge < -0.3 is 4.90 Å². The van der Waals surface area contributed by atoms with Crippen molar-refractivity contribution in [3.63, 3.8) is 0 Å². The summed E-state index contributed by atoms with van der Waals surface area (Å²) in [5, 5.41) is 0. The van der Waals surface area contributed by atoms with Crippen molar-refractivity contribution in [2.75, 3.05) is 0 Å². The molecule has 1 aliphatic rings. The van der Waals surface area contributed by atoms with Crippen LogP contribution in [-0.4, -0.2) is 16.3 Å². The normalized spacial score (nSPS) is 18.0. The van der Waals surface area contributed by atoms with Crippen LogP contribution in [0.5, 0.6) is 0 Å². The van der Waals surface area contributed by atoms with Crippen molar-refractivity contribution in [1.29, 1.82) is 0 Å². The summed E-state index contributed by atoms with van der Waals surface area (Å²) in [4.78, 5) is 14.6. The summed E-state index contributed by atoms with van der Waals surface area (Å²) in [6, 6.07) is 13.9. The summed E-state index contributed by atoms with van der Waals surface area (Å²) in [6.45, 7) is 6.06. The van der Waals surface area contributed by atoms with Gasteiger partial charge in [0.2, 0.25) is 0 Å². The molecule has 2 nitrogen and oxygen atoms in total. The topological polar surface area (TPSA) is 20.3 Å². The SMILES string of the molecule is CC(C)(C)N1C(=O)c2ccccc2C1c1ccc(F)cc1. The molecule has 2 aromatic rings. The predicted molar refractivity (Wildman–Crippen MR) is 80.6 cm³/mol. The largest absolute Gasteiger partial charge is 0.323 e. The van der Waals surface area contributed by atoms with Gasteiger partial charge in [0, 0.05) is 11.1 Å². The van der Waals surface area contributed by atoms with Gasteiger partial charge in [-0.2, -0.15) is 0 Å². The molecule has 1 atom stereocenters. The lowest BCUT2D eigenvalue weighted by atomic mass is 9.95. The number of benzene rings is 2. The molecule has 0 fully saturated rings. The number of nitrogens with zero attached hydrogens (tertiary/aromatic N) is 1. The van der Waals surface area contributed by atoms with Crippen molar-refractivity contribution in [3.8, 4) is 0 Å². The Labute approximate surface area is 124 Å². The Morgan fingerprint density at radius 3 is 2.24 bits per heavy atom. The van der Waals surface area contributed by atoms with Gasteiger partial charge in [0.25, 0.3) is 5.91 Å². The van der Waals surface area contributed by atoms with E-state index in [1.54, 1.807) is 12.1 Å². The van der Waals surface area contributed by atoms with E-state index in [4.69, 9.17) is 0 Å². The first-order valence-electron chi connectivity index (χ1n) is 7.07. The monoisotopic (exact) mass is 283 g/mol. The van der Waals surface area contributed by atoms with Crippen LogP contribution in [0.2, 0.25) is 0 Å². The Kier molecular flexibility index (Phi) is 3.08. The van der Waals surface area contributed by atoms with Crippen LogP contribution in [0, 0.1) is 5.82 Å². The Bertz CT molecular complexity index is 685. The Balaban J connectivity index is 2.18. The molecule has 1 amide bonds. The lowest BCUT2D eigenvalue weighted by Gasteiger charge is -2.37. The van der Waals surface area contributed by atoms with Gasteiger partial charge in [0.05, 0.1) is 6.04 Å². The highest BCUT2D eigenvalue weighted by Crippen LogP contribution is 2.42. The molecule has 0 saturated heterocycles. The molecule has 1 aliphatic heterocycles. The number of carbonyl (C=O) groups excluding carboxylic acids is 1. The van der Waals surface area contributed by atoms with Gasteiger partial charge in [-0.25, -0.2) is 4.39 Å². The first kappa shape index (κ1) is 13.8. The van der Waals surface area contributed by atoms with Gasteiger partial charge in [-0.1, -0.05) is 30.3 Å². The van der Waals surface area contributed by atoms with Crippen LogP contribution < -0.4 is 0 Å². The van der Waals surface area contributed by atoms with Gasteiger partial charge >= 0.3 is 0 Å². The molecule has 0 bridgehead atoms. The third-order valence-corrected chi connectivity index (χ3v) is 3.87. The van der Waals surface area contributed by atoms with Crippen LogP contribution in [0.4, 0.5) is 4.39 Å². The lowest BCUT2D eigenvalue weighted by Crippen LogP contribution is -2.44. The second kappa shape index (κ2) is 4.69. The summed E-state index contributed by atoms with van der Waals surface area (Å²) in [5.41, 5.74) is 2.35. The molecular weight excluding hydrogens is 265 g/mol. The average Bonchev–Trinajstić information content (AvgIpc) is 2.74. The molecule has 3 heteroatoms. The molecule has 3 rings (SSSR count). The van der Waals surface area contributed by atoms with E-state index >= 15 is 0 Å². The highest BCUT2D eigenvalue weighted by atomic mass is 19.1. The van der Waals surface area contributed by atoms with Crippen LogP contribution >= 0.6 is 0 Å². The molecule has 0 aromatic heterocycles. The van der Waals surface area contributed by atoms with Crippen molar-refractivity contribution in [1.82, 2.24) is 4.90 Å². The van der Waals surface area contributed by atoms with E-state index in [2.05, 4.69) is 0 Å². The Morgan fingerprint density at radius 1 is 1.00 bits per heavy atom. The van der Waals surface area contributed by atoms with E-state index < -0.39 is 0 Å². The van der Waals surface area contributed by atoms with Gasteiger partial charge in [-0.15, -0.1) is 0 Å². The minimum Gasteiger partial charge on any atom is -0.323 e. The zero-order valence-electron chi connectivity index (χ0n) is 12.4. The second-order valence-electron chi connectivity index (χ2n) is 6.39. The lowest BCUT2D eigenvalue weighted by molar-refractivity contribution is 0.0552. The van der Waals surface area contributed by atoms with E-state index in [1.165, 1.54) is 12.1 Å². The quantitative estimate of drug-likeness (QED) is 0.769. The zero-order chi connectivity index (χ0) is 15.2. The minimum absolute atomic E-state index is 0.0347. The first-order chi connectivity index (χ1) is 9.89. The molecule has 0 spiro atoms. The molecule has 0 N–H and O–H groups in total. The van der Waals surface area contributed by atoms with Crippen molar-refractivity contribution >= 4 is 5.91 Å². The molecule has 0 saturated carbocycles. The summed E-state index contributed by atoms with van der Waals surface area (Å²) in [7, 11) is 0. The zero-order valence-corrected chi connectivity index (χ0v) is 12.4. The molecule has 108 valence electrons. The molecule has 0 radical (unpaired) electrons. The molecule has 2 aromatic carbocycles. The smallest absolute Gasteiger partial charge is 0.255 e. The minimum atomic E-state index is -0.310. The highest BCUT2D eigenvalue weighted by molar-refractivity contribution is 6.00. The fourth-order valence-electron chi connectivity index (χ4n) is 2.98. The van der Waals surface area contributed by atoms with Gasteiger partial charge in [0.15, 0.2) is 0 Å². The fraction of sp³-hybridized carbons (Fsp3) is 0.278. The van der Waals surface area contributed by atoms with Crippen LogP contribution in [0.25, 0.3) is 0 Å². The van der Waals surface area contributed by atoms with Crippen molar-refractivity contribution in [2.45, 2.75) is 32.4 Å². The predicted octanol–water partition coefficient (Wildman–Crippen LogP) is 4.17. The molecular formula is C18H18FNO. The van der Waals surface area contributed by atoms with Crippen LogP contribution in [0.15, 0.2) is 48.5 Å². The van der Waals surface area contributed by atoms with Crippen LogP contribution in [0.1, 0.15) is 48.3 Å². The second-order valence-corrected chi connectivity index (χ2v) is 6.39. The van der Waals surface area contributed by atoms with Crippen LogP contribution in [0.3, 0.4) is 0 Å². The van der Waals surface area contributed by atoms with E-state index in [0.29, 0.717) is 0 Å². The van der Waals surface area contributed by atoms with E-state index in [1.807, 2.05) is 49.9 Å². The Hall–Kier alpha value is -2.16. The summed E-state index contributed by atoms with van der Waals surface area (Å²) in [6.07, 6.45) is 0. The average molecular weight is 283 g/mol. The van der Waals surface area contributed by atoms with Crippen LogP contribution in [-0.2, 0) is 0 Å². The van der Waals surface area contributed by atoms with Crippen molar-refractivity contribution in [3.05, 3.63) is 71.0 Å². The number of carbonyl (C=O) groups is 1. The number of hydrogen-bond acceptors (Lipinski definition) is 1. The number of fused-ring (bicyclic) bond motifs is 1. The summed E-state index contributed by atoms with van der Waals surface area (Å²) < 4.78 is 13.2. The third-order valence-electron chi connectivity index (χ3n) is 3.87. The summed E-state index contributed by atoms with van der Waals surface area (Å²) in [5.74, 6) is -0.230. The molecule has 0 aliphatic carbocycles. The number of rotatable bonds is 1. The van der Waals surface area contributed by atoms with E-state index in [9.17, 15) is 9.18 Å². The van der Waals surface area contributed by atoms with Crippen molar-refractivity contribution < 1.29 is 9.18 Å². The van der Waals surface area contributed by atoms with E-state index in [0.717, 1.165) is 16.7 Å². The third kappa shape index (κ3) is 2.23. The van der Waals surface area contributed by atoms with Gasteiger partial charge in [-0.3, -0.25) is 4.79 Å².